The molecule has 1 aliphatic carbocycles. The van der Waals surface area contributed by atoms with Crippen molar-refractivity contribution in [3.8, 4) is 0 Å². The van der Waals surface area contributed by atoms with E-state index < -0.39 is 0 Å². The Morgan fingerprint density at radius 1 is 1.33 bits per heavy atom. The van der Waals surface area contributed by atoms with E-state index in [1.165, 1.54) is 19.3 Å². The molecule has 1 rings (SSSR count). The maximum absolute atomic E-state index is 11.7. The Labute approximate surface area is 92.4 Å². The molecule has 0 heterocycles. The van der Waals surface area contributed by atoms with Gasteiger partial charge in [-0.05, 0) is 19.9 Å². The van der Waals surface area contributed by atoms with E-state index in [1.807, 2.05) is 14.1 Å². The Hall–Kier alpha value is -0.770. The van der Waals surface area contributed by atoms with Crippen LogP contribution in [0.25, 0.3) is 0 Å². The zero-order chi connectivity index (χ0) is 11.1. The highest BCUT2D eigenvalue weighted by molar-refractivity contribution is 5.74. The van der Waals surface area contributed by atoms with Crippen LogP contribution >= 0.6 is 0 Å². The summed E-state index contributed by atoms with van der Waals surface area (Å²) in [5.74, 6) is 0. The van der Waals surface area contributed by atoms with Crippen molar-refractivity contribution in [1.82, 2.24) is 15.5 Å². The van der Waals surface area contributed by atoms with Gasteiger partial charge in [-0.3, -0.25) is 0 Å². The number of amides is 2. The second-order valence-corrected chi connectivity index (χ2v) is 4.31. The molecule has 4 heteroatoms. The van der Waals surface area contributed by atoms with Gasteiger partial charge in [0.25, 0.3) is 0 Å². The van der Waals surface area contributed by atoms with Gasteiger partial charge in [0.1, 0.15) is 0 Å². The van der Waals surface area contributed by atoms with Crippen molar-refractivity contribution in [2.45, 2.75) is 38.1 Å². The lowest BCUT2D eigenvalue weighted by molar-refractivity contribution is 0.201. The first-order valence-corrected chi connectivity index (χ1v) is 5.90. The fraction of sp³-hybridized carbons (Fsp3) is 0.909. The van der Waals surface area contributed by atoms with Gasteiger partial charge in [0, 0.05) is 26.2 Å². The minimum absolute atomic E-state index is 0.0668. The fourth-order valence-corrected chi connectivity index (χ4v) is 1.91. The summed E-state index contributed by atoms with van der Waals surface area (Å²) in [7, 11) is 3.74. The molecule has 0 radical (unpaired) electrons. The third kappa shape index (κ3) is 4.51. The number of hydrogen-bond donors (Lipinski definition) is 2. The van der Waals surface area contributed by atoms with Crippen LogP contribution in [0, 0.1) is 0 Å². The molecule has 15 heavy (non-hydrogen) atoms. The van der Waals surface area contributed by atoms with E-state index in [9.17, 15) is 4.79 Å². The molecule has 0 atom stereocenters. The lowest BCUT2D eigenvalue weighted by Gasteiger charge is -2.26. The predicted molar refractivity (Wildman–Crippen MR) is 62.0 cm³/mol. The van der Waals surface area contributed by atoms with Gasteiger partial charge in [0.15, 0.2) is 0 Å². The van der Waals surface area contributed by atoms with Gasteiger partial charge in [0.2, 0.25) is 0 Å². The van der Waals surface area contributed by atoms with Crippen molar-refractivity contribution in [2.75, 3.05) is 27.2 Å². The van der Waals surface area contributed by atoms with Crippen LogP contribution in [-0.4, -0.2) is 44.2 Å². The molecule has 1 fully saturated rings. The summed E-state index contributed by atoms with van der Waals surface area (Å²) >= 11 is 0. The highest BCUT2D eigenvalue weighted by Gasteiger charge is 2.17. The van der Waals surface area contributed by atoms with Crippen LogP contribution < -0.4 is 10.6 Å². The molecule has 2 N–H and O–H groups in total. The first-order valence-electron chi connectivity index (χ1n) is 5.90. The first-order chi connectivity index (χ1) is 7.24. The summed E-state index contributed by atoms with van der Waals surface area (Å²) in [5.41, 5.74) is 0. The van der Waals surface area contributed by atoms with E-state index in [2.05, 4.69) is 10.6 Å². The van der Waals surface area contributed by atoms with Crippen molar-refractivity contribution < 1.29 is 4.79 Å². The van der Waals surface area contributed by atoms with Crippen molar-refractivity contribution >= 4 is 6.03 Å². The van der Waals surface area contributed by atoms with Gasteiger partial charge >= 0.3 is 6.03 Å². The number of rotatable bonds is 4. The maximum Gasteiger partial charge on any atom is 0.317 e. The third-order valence-corrected chi connectivity index (χ3v) is 2.98. The highest BCUT2D eigenvalue weighted by Crippen LogP contribution is 2.17. The Morgan fingerprint density at radius 2 is 2.00 bits per heavy atom. The largest absolute Gasteiger partial charge is 0.335 e. The van der Waals surface area contributed by atoms with Crippen molar-refractivity contribution in [1.29, 1.82) is 0 Å². The summed E-state index contributed by atoms with van der Waals surface area (Å²) < 4.78 is 0. The molecule has 2 amide bonds. The average Bonchev–Trinajstić information content (AvgIpc) is 2.27. The monoisotopic (exact) mass is 213 g/mol. The summed E-state index contributed by atoms with van der Waals surface area (Å²) in [4.78, 5) is 13.4. The zero-order valence-corrected chi connectivity index (χ0v) is 9.88. The van der Waals surface area contributed by atoms with Crippen LogP contribution in [0.15, 0.2) is 0 Å². The smallest absolute Gasteiger partial charge is 0.317 e. The fourth-order valence-electron chi connectivity index (χ4n) is 1.91. The van der Waals surface area contributed by atoms with Crippen molar-refractivity contribution in [3.05, 3.63) is 0 Å². The Bertz CT molecular complexity index is 190. The van der Waals surface area contributed by atoms with E-state index >= 15 is 0 Å². The Kier molecular flexibility index (Phi) is 5.47. The predicted octanol–water partition coefficient (Wildman–Crippen LogP) is 1.18. The van der Waals surface area contributed by atoms with Gasteiger partial charge in [-0.1, -0.05) is 19.3 Å². The molecule has 0 bridgehead atoms. The van der Waals surface area contributed by atoms with Crippen LogP contribution in [0.5, 0.6) is 0 Å². The van der Waals surface area contributed by atoms with E-state index in [-0.39, 0.29) is 6.03 Å². The number of urea groups is 1. The van der Waals surface area contributed by atoms with Crippen molar-refractivity contribution in [3.63, 3.8) is 0 Å². The second-order valence-electron chi connectivity index (χ2n) is 4.31. The number of nitrogens with one attached hydrogen (secondary N) is 2. The first kappa shape index (κ1) is 12.3. The van der Waals surface area contributed by atoms with Gasteiger partial charge in [-0.2, -0.15) is 0 Å². The molecule has 88 valence electrons. The van der Waals surface area contributed by atoms with E-state index in [0.29, 0.717) is 6.04 Å². The topological polar surface area (TPSA) is 44.4 Å². The molecule has 0 aromatic carbocycles. The lowest BCUT2D eigenvalue weighted by atomic mass is 9.96. The van der Waals surface area contributed by atoms with Crippen molar-refractivity contribution in [2.24, 2.45) is 0 Å². The molecule has 0 aromatic rings. The normalized spacial score (nSPS) is 17.5. The lowest BCUT2D eigenvalue weighted by Crippen LogP contribution is -2.45. The molecule has 0 aliphatic heterocycles. The minimum Gasteiger partial charge on any atom is -0.335 e. The minimum atomic E-state index is 0.0668. The molecule has 0 aromatic heterocycles. The standard InChI is InChI=1S/C11H23N3O/c1-12-8-9-14(2)11(15)13-10-6-4-3-5-7-10/h10,12H,3-9H2,1-2H3,(H,13,15). The highest BCUT2D eigenvalue weighted by atomic mass is 16.2. The maximum atomic E-state index is 11.7. The van der Waals surface area contributed by atoms with Crippen LogP contribution in [0.2, 0.25) is 0 Å². The number of carbonyl (C=O) groups is 1. The Balaban J connectivity index is 2.20. The van der Waals surface area contributed by atoms with E-state index in [0.717, 1.165) is 25.9 Å². The summed E-state index contributed by atoms with van der Waals surface area (Å²) in [6.45, 7) is 1.60. The molecule has 1 aliphatic rings. The molecule has 0 unspecified atom stereocenters. The molecular weight excluding hydrogens is 190 g/mol. The van der Waals surface area contributed by atoms with E-state index in [4.69, 9.17) is 0 Å². The van der Waals surface area contributed by atoms with Crippen LogP contribution in [-0.2, 0) is 0 Å². The number of carbonyl (C=O) groups excluding carboxylic acids is 1. The van der Waals surface area contributed by atoms with E-state index in [1.54, 1.807) is 4.90 Å². The van der Waals surface area contributed by atoms with Crippen LogP contribution in [0.1, 0.15) is 32.1 Å². The number of hydrogen-bond acceptors (Lipinski definition) is 2. The summed E-state index contributed by atoms with van der Waals surface area (Å²) in [5, 5.41) is 6.12. The molecule has 4 nitrogen and oxygen atoms in total. The summed E-state index contributed by atoms with van der Waals surface area (Å²) in [6, 6.07) is 0.473. The summed E-state index contributed by atoms with van der Waals surface area (Å²) in [6.07, 6.45) is 6.12. The molecule has 1 saturated carbocycles. The van der Waals surface area contributed by atoms with Crippen LogP contribution in [0.3, 0.4) is 0 Å². The molecule has 0 saturated heterocycles. The van der Waals surface area contributed by atoms with Gasteiger partial charge in [0.05, 0.1) is 0 Å². The van der Waals surface area contributed by atoms with Gasteiger partial charge in [-0.25, -0.2) is 4.79 Å². The second kappa shape index (κ2) is 6.67. The van der Waals surface area contributed by atoms with Crippen LogP contribution in [0.4, 0.5) is 4.79 Å². The SMILES string of the molecule is CNCCN(C)C(=O)NC1CCCCC1. The quantitative estimate of drug-likeness (QED) is 0.736. The molecule has 0 spiro atoms. The Morgan fingerprint density at radius 3 is 2.60 bits per heavy atom. The number of likely N-dealkylation sites (N-methyl/N-ethyl adjacent to an activating group) is 2. The van der Waals surface area contributed by atoms with Gasteiger partial charge in [-0.15, -0.1) is 0 Å². The van der Waals surface area contributed by atoms with Gasteiger partial charge < -0.3 is 15.5 Å². The third-order valence-electron chi connectivity index (χ3n) is 2.98. The molecular formula is C11H23N3O. The number of nitrogens with zero attached hydrogens (tertiary/aromatic N) is 1. The zero-order valence-electron chi connectivity index (χ0n) is 9.88. The average molecular weight is 213 g/mol.